The monoisotopic (exact) mass is 144 g/mol. The first-order valence-electron chi connectivity index (χ1n) is 3.44. The van der Waals surface area contributed by atoms with Gasteiger partial charge in [0.2, 0.25) is 0 Å². The molecule has 0 aromatic heterocycles. The topological polar surface area (TPSA) is 0 Å². The Kier molecular flexibility index (Phi) is 4.41. The Bertz CT molecular complexity index is 73.5. The molecule has 0 saturated carbocycles. The van der Waals surface area contributed by atoms with Crippen molar-refractivity contribution in [3.63, 3.8) is 0 Å². The van der Waals surface area contributed by atoms with E-state index >= 15 is 0 Å². The highest BCUT2D eigenvalue weighted by Crippen LogP contribution is 1.98. The molecule has 0 bridgehead atoms. The number of hydrogen-bond acceptors (Lipinski definition) is 1. The molecule has 0 rings (SSSR count). The molecule has 0 unspecified atom stereocenters. The van der Waals surface area contributed by atoms with E-state index in [1.807, 2.05) is 0 Å². The Balaban J connectivity index is 3.62. The van der Waals surface area contributed by atoms with Crippen LogP contribution in [0.5, 0.6) is 0 Å². The van der Waals surface area contributed by atoms with Gasteiger partial charge in [-0.1, -0.05) is 0 Å². The lowest BCUT2D eigenvalue weighted by atomic mass is 10.2. The van der Waals surface area contributed by atoms with Gasteiger partial charge in [-0.2, -0.15) is 12.6 Å². The van der Waals surface area contributed by atoms with E-state index in [1.165, 1.54) is 0 Å². The largest absolute Gasteiger partial charge is 0.481 e. The van der Waals surface area contributed by atoms with Crippen LogP contribution in [0.15, 0.2) is 0 Å². The van der Waals surface area contributed by atoms with Crippen LogP contribution in [0.25, 0.3) is 0 Å². The minimum atomic E-state index is 0.656. The van der Waals surface area contributed by atoms with Crippen LogP contribution in [0.2, 0.25) is 0 Å². The minimum Gasteiger partial charge on any atom is -0.396 e. The molecule has 52 valence electrons. The maximum atomic E-state index is 5.90. The molecule has 0 atom stereocenters. The first-order valence-corrected chi connectivity index (χ1v) is 4.07. The lowest BCUT2D eigenvalue weighted by Gasteiger charge is -2.32. The van der Waals surface area contributed by atoms with Gasteiger partial charge in [0.25, 0.3) is 0 Å². The molecule has 9 heavy (non-hydrogen) atoms. The lowest BCUT2D eigenvalue weighted by Crippen LogP contribution is -2.46. The first-order chi connectivity index (χ1) is 4.18. The van der Waals surface area contributed by atoms with Crippen LogP contribution in [0, 0.1) is 0 Å². The van der Waals surface area contributed by atoms with Gasteiger partial charge in [-0.3, -0.25) is 0 Å². The zero-order chi connectivity index (χ0) is 7.33. The number of hydrogen-bond donors (Lipinski definition) is 1. The van der Waals surface area contributed by atoms with Crippen molar-refractivity contribution in [1.82, 2.24) is 0 Å². The predicted molar refractivity (Wildman–Crippen MR) is 45.8 cm³/mol. The molecule has 0 fully saturated rings. The fourth-order valence-electron chi connectivity index (χ4n) is 0.739. The molecule has 1 nitrogen and oxygen atoms in total. The number of quaternary nitrogens is 1. The number of thiol groups is 1. The van der Waals surface area contributed by atoms with Crippen LogP contribution < -0.4 is 0 Å². The Labute approximate surface area is 64.9 Å². The van der Waals surface area contributed by atoms with Crippen molar-refractivity contribution in [2.75, 3.05) is 25.4 Å². The van der Waals surface area contributed by atoms with Gasteiger partial charge in [-0.25, -0.2) is 0 Å². The molecule has 0 spiro atoms. The Hall–Kier alpha value is 0.375. The average Bonchev–Trinajstić information content (AvgIpc) is 1.89. The second-order valence-electron chi connectivity index (χ2n) is 2.30. The summed E-state index contributed by atoms with van der Waals surface area (Å²) >= 11 is 4.13. The van der Waals surface area contributed by atoms with E-state index in [2.05, 4.69) is 26.5 Å². The van der Waals surface area contributed by atoms with Crippen molar-refractivity contribution in [2.45, 2.75) is 13.8 Å². The summed E-state index contributed by atoms with van der Waals surface area (Å²) in [6.45, 7) is 7.17. The second-order valence-corrected chi connectivity index (χ2v) is 2.75. The zero-order valence-corrected chi connectivity index (χ0v) is 7.19. The Morgan fingerprint density at radius 2 is 1.78 bits per heavy atom. The molecule has 0 N–H and O–H groups in total. The van der Waals surface area contributed by atoms with E-state index < -0.39 is 0 Å². The molecule has 0 amide bonds. The van der Waals surface area contributed by atoms with Crippen molar-refractivity contribution in [3.05, 3.63) is 0 Å². The third-order valence-electron chi connectivity index (χ3n) is 1.80. The smallest absolute Gasteiger partial charge is 0.396 e. The molecular formula is C6H15BNS+. The summed E-state index contributed by atoms with van der Waals surface area (Å²) in [6, 6.07) is 0. The summed E-state index contributed by atoms with van der Waals surface area (Å²) in [5, 5.41) is 0. The van der Waals surface area contributed by atoms with E-state index in [1.54, 1.807) is 0 Å². The summed E-state index contributed by atoms with van der Waals surface area (Å²) in [6.07, 6.45) is 0. The molecule has 2 radical (unpaired) electrons. The van der Waals surface area contributed by atoms with Crippen molar-refractivity contribution in [2.24, 2.45) is 0 Å². The standard InChI is InChI=1S/C6H15BNS/c1-3-8(7,4-2)5-6-9/h9H,3-6H2,1-2H3/q+1. The Morgan fingerprint density at radius 1 is 1.33 bits per heavy atom. The Morgan fingerprint density at radius 3 is 1.89 bits per heavy atom. The van der Waals surface area contributed by atoms with E-state index in [9.17, 15) is 0 Å². The third kappa shape index (κ3) is 3.16. The van der Waals surface area contributed by atoms with E-state index in [0.29, 0.717) is 4.39 Å². The van der Waals surface area contributed by atoms with Crippen LogP contribution in [-0.2, 0) is 0 Å². The average molecular weight is 144 g/mol. The summed E-state index contributed by atoms with van der Waals surface area (Å²) in [5.74, 6) is 0.873. The zero-order valence-electron chi connectivity index (χ0n) is 6.30. The maximum absolute atomic E-state index is 5.90. The third-order valence-corrected chi connectivity index (χ3v) is 2.00. The molecule has 0 saturated heterocycles. The van der Waals surface area contributed by atoms with Gasteiger partial charge in [-0.05, 0) is 13.8 Å². The van der Waals surface area contributed by atoms with E-state index in [0.717, 1.165) is 25.4 Å². The van der Waals surface area contributed by atoms with Gasteiger partial charge < -0.3 is 4.39 Å². The fourth-order valence-corrected chi connectivity index (χ4v) is 1.14. The summed E-state index contributed by atoms with van der Waals surface area (Å²) in [7, 11) is 5.90. The van der Waals surface area contributed by atoms with Gasteiger partial charge >= 0.3 is 7.98 Å². The quantitative estimate of drug-likeness (QED) is 0.439. The molecule has 0 aliphatic heterocycles. The second kappa shape index (κ2) is 4.23. The molecule has 0 aliphatic rings. The molecule has 0 aromatic carbocycles. The SMILES string of the molecule is [B][N+](CC)(CC)CCS. The molecular weight excluding hydrogens is 129 g/mol. The highest BCUT2D eigenvalue weighted by molar-refractivity contribution is 7.80. The predicted octanol–water partition coefficient (Wildman–Crippen LogP) is 0.856. The first kappa shape index (κ1) is 9.37. The highest BCUT2D eigenvalue weighted by atomic mass is 32.1. The van der Waals surface area contributed by atoms with Crippen molar-refractivity contribution in [3.8, 4) is 0 Å². The highest BCUT2D eigenvalue weighted by Gasteiger charge is 2.14. The van der Waals surface area contributed by atoms with Gasteiger partial charge in [0.1, 0.15) is 0 Å². The van der Waals surface area contributed by atoms with E-state index in [-0.39, 0.29) is 0 Å². The fraction of sp³-hybridized carbons (Fsp3) is 1.00. The van der Waals surface area contributed by atoms with Gasteiger partial charge in [0, 0.05) is 5.75 Å². The van der Waals surface area contributed by atoms with Crippen LogP contribution >= 0.6 is 12.6 Å². The molecule has 0 aliphatic carbocycles. The van der Waals surface area contributed by atoms with Crippen molar-refractivity contribution >= 4 is 20.6 Å². The number of nitrogens with zero attached hydrogens (tertiary/aromatic N) is 1. The summed E-state index contributed by atoms with van der Waals surface area (Å²) in [4.78, 5) is 0. The molecule has 3 heteroatoms. The summed E-state index contributed by atoms with van der Waals surface area (Å²) in [5.41, 5.74) is 0. The maximum Gasteiger partial charge on any atom is 0.481 e. The van der Waals surface area contributed by atoms with Crippen LogP contribution in [0.4, 0.5) is 0 Å². The molecule has 0 aromatic rings. The summed E-state index contributed by atoms with van der Waals surface area (Å²) < 4.78 is 0.656. The molecule has 0 heterocycles. The lowest BCUT2D eigenvalue weighted by molar-refractivity contribution is -0.810. The van der Waals surface area contributed by atoms with Crippen molar-refractivity contribution in [1.29, 1.82) is 0 Å². The van der Waals surface area contributed by atoms with Crippen LogP contribution in [0.3, 0.4) is 0 Å². The van der Waals surface area contributed by atoms with Gasteiger partial charge in [0.05, 0.1) is 19.6 Å². The van der Waals surface area contributed by atoms with Crippen molar-refractivity contribution < 1.29 is 4.39 Å². The van der Waals surface area contributed by atoms with Gasteiger partial charge in [-0.15, -0.1) is 0 Å². The van der Waals surface area contributed by atoms with Crippen LogP contribution in [-0.4, -0.2) is 37.8 Å². The minimum absolute atomic E-state index is 0.656. The number of rotatable bonds is 4. The normalized spacial score (nSPS) is 11.9. The van der Waals surface area contributed by atoms with Crippen LogP contribution in [0.1, 0.15) is 13.8 Å². The van der Waals surface area contributed by atoms with E-state index in [4.69, 9.17) is 7.98 Å². The van der Waals surface area contributed by atoms with Gasteiger partial charge in [0.15, 0.2) is 0 Å².